The number of para-hydroxylation sites is 1. The average molecular weight is 424 g/mol. The zero-order chi connectivity index (χ0) is 21.8. The molecule has 5 nitrogen and oxygen atoms in total. The zero-order valence-electron chi connectivity index (χ0n) is 18.0. The van der Waals surface area contributed by atoms with E-state index >= 15 is 0 Å². The molecule has 164 valence electrons. The Balaban J connectivity index is 1.29. The summed E-state index contributed by atoms with van der Waals surface area (Å²) in [6.07, 6.45) is 2.88. The normalized spacial score (nSPS) is 19.3. The van der Waals surface area contributed by atoms with Crippen molar-refractivity contribution < 1.29 is 14.0 Å². The number of rotatable bonds is 6. The molecule has 2 amide bonds. The Morgan fingerprint density at radius 3 is 2.52 bits per heavy atom. The van der Waals surface area contributed by atoms with E-state index in [0.717, 1.165) is 42.7 Å². The molecule has 0 aromatic heterocycles. The highest BCUT2D eigenvalue weighted by molar-refractivity contribution is 6.03. The van der Waals surface area contributed by atoms with E-state index in [1.165, 1.54) is 6.07 Å². The van der Waals surface area contributed by atoms with Gasteiger partial charge >= 0.3 is 0 Å². The molecule has 1 fully saturated rings. The molecule has 1 unspecified atom stereocenters. The van der Waals surface area contributed by atoms with Crippen LogP contribution in [0.1, 0.15) is 37.3 Å². The molecule has 2 heterocycles. The van der Waals surface area contributed by atoms with E-state index in [1.54, 1.807) is 11.0 Å². The lowest BCUT2D eigenvalue weighted by molar-refractivity contribution is -0.126. The van der Waals surface area contributed by atoms with Gasteiger partial charge in [-0.15, -0.1) is 0 Å². The summed E-state index contributed by atoms with van der Waals surface area (Å²) >= 11 is 0. The van der Waals surface area contributed by atoms with Crippen LogP contribution in [0, 0.1) is 11.7 Å². The third-order valence-electron chi connectivity index (χ3n) is 6.47. The number of carbonyl (C=O) groups excluding carboxylic acids is 2. The number of hydrogen-bond acceptors (Lipinski definition) is 3. The van der Waals surface area contributed by atoms with Gasteiger partial charge in [0.25, 0.3) is 0 Å². The van der Waals surface area contributed by atoms with Crippen molar-refractivity contribution in [3.63, 3.8) is 0 Å². The molecule has 1 N–H and O–H groups in total. The second kappa shape index (κ2) is 9.60. The molecule has 4 rings (SSSR count). The van der Waals surface area contributed by atoms with Gasteiger partial charge in [-0.05, 0) is 49.5 Å². The molecule has 0 radical (unpaired) electrons. The van der Waals surface area contributed by atoms with Crippen LogP contribution in [0.15, 0.2) is 48.5 Å². The summed E-state index contributed by atoms with van der Waals surface area (Å²) in [5, 5.41) is 3.10. The zero-order valence-corrected chi connectivity index (χ0v) is 18.0. The Hall–Kier alpha value is -2.73. The molecule has 0 saturated carbocycles. The van der Waals surface area contributed by atoms with Gasteiger partial charge < -0.3 is 5.32 Å². The van der Waals surface area contributed by atoms with Crippen LogP contribution in [-0.2, 0) is 22.6 Å². The lowest BCUT2D eigenvalue weighted by Gasteiger charge is -2.32. The summed E-state index contributed by atoms with van der Waals surface area (Å²) in [7, 11) is 0. The highest BCUT2D eigenvalue weighted by atomic mass is 19.1. The van der Waals surface area contributed by atoms with Crippen molar-refractivity contribution >= 4 is 17.5 Å². The predicted molar refractivity (Wildman–Crippen MR) is 119 cm³/mol. The van der Waals surface area contributed by atoms with E-state index in [1.807, 2.05) is 43.3 Å². The summed E-state index contributed by atoms with van der Waals surface area (Å²) < 4.78 is 13.9. The first-order valence-electron chi connectivity index (χ1n) is 11.2. The maximum atomic E-state index is 13.9. The first-order valence-corrected chi connectivity index (χ1v) is 11.2. The van der Waals surface area contributed by atoms with Crippen LogP contribution in [0.3, 0.4) is 0 Å². The summed E-state index contributed by atoms with van der Waals surface area (Å²) in [6.45, 7) is 4.86. The van der Waals surface area contributed by atoms with E-state index in [-0.39, 0.29) is 17.6 Å². The van der Waals surface area contributed by atoms with Crippen molar-refractivity contribution in [2.24, 2.45) is 5.92 Å². The number of piperidine rings is 1. The monoisotopic (exact) mass is 423 g/mol. The van der Waals surface area contributed by atoms with E-state index < -0.39 is 6.04 Å². The van der Waals surface area contributed by atoms with E-state index in [4.69, 9.17) is 0 Å². The smallest absolute Gasteiger partial charge is 0.243 e. The second-order valence-corrected chi connectivity index (χ2v) is 8.52. The quantitative estimate of drug-likeness (QED) is 0.774. The number of amides is 2. The van der Waals surface area contributed by atoms with Gasteiger partial charge in [0.1, 0.15) is 11.9 Å². The molecule has 6 heteroatoms. The van der Waals surface area contributed by atoms with Crippen LogP contribution in [0.25, 0.3) is 0 Å². The van der Waals surface area contributed by atoms with Gasteiger partial charge in [0.15, 0.2) is 0 Å². The number of anilines is 1. The Morgan fingerprint density at radius 1 is 1.06 bits per heavy atom. The maximum absolute atomic E-state index is 13.9. The van der Waals surface area contributed by atoms with E-state index in [0.29, 0.717) is 31.8 Å². The summed E-state index contributed by atoms with van der Waals surface area (Å²) in [6, 6.07) is 14.2. The summed E-state index contributed by atoms with van der Waals surface area (Å²) in [5.74, 6) is 0.152. The minimum atomic E-state index is -0.467. The van der Waals surface area contributed by atoms with Crippen molar-refractivity contribution in [3.05, 3.63) is 65.5 Å². The van der Waals surface area contributed by atoms with Crippen LogP contribution in [0.4, 0.5) is 10.1 Å². The highest BCUT2D eigenvalue weighted by Gasteiger charge is 2.37. The Morgan fingerprint density at radius 2 is 1.77 bits per heavy atom. The van der Waals surface area contributed by atoms with Gasteiger partial charge in [-0.2, -0.15) is 0 Å². The minimum absolute atomic E-state index is 0.0217. The SMILES string of the molecule is CCC(=O)N1c2ccccc2CC1C(=O)NCC1CCN(Cc2ccccc2F)CC1. The van der Waals surface area contributed by atoms with Crippen LogP contribution in [0.5, 0.6) is 0 Å². The molecule has 2 aromatic rings. The number of halogens is 1. The largest absolute Gasteiger partial charge is 0.354 e. The van der Waals surface area contributed by atoms with E-state index in [9.17, 15) is 14.0 Å². The molecule has 0 spiro atoms. The third kappa shape index (κ3) is 4.79. The van der Waals surface area contributed by atoms with Crippen LogP contribution in [0.2, 0.25) is 0 Å². The van der Waals surface area contributed by atoms with Crippen molar-refractivity contribution in [2.75, 3.05) is 24.5 Å². The van der Waals surface area contributed by atoms with Gasteiger partial charge in [0, 0.05) is 37.2 Å². The molecular formula is C25H30FN3O2. The molecule has 0 aliphatic carbocycles. The topological polar surface area (TPSA) is 52.7 Å². The second-order valence-electron chi connectivity index (χ2n) is 8.52. The Bertz CT molecular complexity index is 940. The lowest BCUT2D eigenvalue weighted by Crippen LogP contribution is -2.49. The van der Waals surface area contributed by atoms with Crippen molar-refractivity contribution in [1.29, 1.82) is 0 Å². The van der Waals surface area contributed by atoms with Gasteiger partial charge in [-0.3, -0.25) is 19.4 Å². The van der Waals surface area contributed by atoms with Gasteiger partial charge in [-0.1, -0.05) is 43.3 Å². The first-order chi connectivity index (χ1) is 15.1. The third-order valence-corrected chi connectivity index (χ3v) is 6.47. The summed E-state index contributed by atoms with van der Waals surface area (Å²) in [5.41, 5.74) is 2.64. The minimum Gasteiger partial charge on any atom is -0.354 e. The Labute approximate surface area is 183 Å². The number of likely N-dealkylation sites (tertiary alicyclic amines) is 1. The molecule has 2 aromatic carbocycles. The molecule has 2 aliphatic rings. The fourth-order valence-electron chi connectivity index (χ4n) is 4.65. The maximum Gasteiger partial charge on any atom is 0.243 e. The average Bonchev–Trinajstić information content (AvgIpc) is 3.19. The van der Waals surface area contributed by atoms with Crippen LogP contribution < -0.4 is 10.2 Å². The van der Waals surface area contributed by atoms with Crippen molar-refractivity contribution in [1.82, 2.24) is 10.2 Å². The predicted octanol–water partition coefficient (Wildman–Crippen LogP) is 3.52. The fraction of sp³-hybridized carbons (Fsp3) is 0.440. The van der Waals surface area contributed by atoms with E-state index in [2.05, 4.69) is 10.2 Å². The molecule has 31 heavy (non-hydrogen) atoms. The van der Waals surface area contributed by atoms with Crippen LogP contribution >= 0.6 is 0 Å². The van der Waals surface area contributed by atoms with Crippen molar-refractivity contribution in [2.45, 2.75) is 45.2 Å². The number of benzene rings is 2. The van der Waals surface area contributed by atoms with Gasteiger partial charge in [0.2, 0.25) is 11.8 Å². The van der Waals surface area contributed by atoms with Crippen LogP contribution in [-0.4, -0.2) is 42.4 Å². The Kier molecular flexibility index (Phi) is 6.66. The van der Waals surface area contributed by atoms with Gasteiger partial charge in [0.05, 0.1) is 0 Å². The number of nitrogens with one attached hydrogen (secondary N) is 1. The van der Waals surface area contributed by atoms with Crippen molar-refractivity contribution in [3.8, 4) is 0 Å². The fourth-order valence-corrected chi connectivity index (χ4v) is 4.65. The standard InChI is InChI=1S/C25H30FN3O2/c1-2-24(30)29-22-10-6-4-7-19(22)15-23(29)25(31)27-16-18-11-13-28(14-12-18)17-20-8-3-5-9-21(20)26/h3-10,18,23H,2,11-17H2,1H3,(H,27,31). The number of carbonyl (C=O) groups is 2. The molecule has 1 saturated heterocycles. The molecule has 0 bridgehead atoms. The lowest BCUT2D eigenvalue weighted by atomic mass is 9.96. The highest BCUT2D eigenvalue weighted by Crippen LogP contribution is 2.32. The molecule has 1 atom stereocenters. The number of fused-ring (bicyclic) bond motifs is 1. The molecular weight excluding hydrogens is 393 g/mol. The number of hydrogen-bond donors (Lipinski definition) is 1. The molecule has 2 aliphatic heterocycles. The van der Waals surface area contributed by atoms with Gasteiger partial charge in [-0.25, -0.2) is 4.39 Å². The summed E-state index contributed by atoms with van der Waals surface area (Å²) in [4.78, 5) is 29.4. The first kappa shape index (κ1) is 21.5. The number of nitrogens with zero attached hydrogens (tertiary/aromatic N) is 2.